The molecule has 78 valence electrons. The zero-order valence-electron chi connectivity index (χ0n) is 8.44. The lowest BCUT2D eigenvalue weighted by Crippen LogP contribution is -2.13. The first-order valence-corrected chi connectivity index (χ1v) is 4.67. The second kappa shape index (κ2) is 3.70. The highest BCUT2D eigenvalue weighted by molar-refractivity contribution is 5.28. The zero-order chi connectivity index (χ0) is 10.8. The van der Waals surface area contributed by atoms with E-state index in [-0.39, 0.29) is 12.0 Å². The maximum atomic E-state index is 5.99. The van der Waals surface area contributed by atoms with Crippen LogP contribution in [0.25, 0.3) is 0 Å². The molecule has 2 rings (SSSR count). The zero-order valence-corrected chi connectivity index (χ0v) is 8.44. The third kappa shape index (κ3) is 1.97. The van der Waals surface area contributed by atoms with E-state index in [1.807, 2.05) is 31.2 Å². The standard InChI is InChI=1S/C10H13N5/c1-6-2-4-7(5-3-6)8(11)9-13-10(12)15-14-9/h2-5,8H,11H2,1H3,(H3,12,13,14,15)/t8-/m1/s1. The minimum Gasteiger partial charge on any atom is -0.367 e. The molecule has 5 heteroatoms. The van der Waals surface area contributed by atoms with Crippen LogP contribution in [-0.4, -0.2) is 15.2 Å². The fourth-order valence-corrected chi connectivity index (χ4v) is 1.36. The van der Waals surface area contributed by atoms with E-state index in [4.69, 9.17) is 11.5 Å². The molecule has 2 aromatic rings. The Bertz CT molecular complexity index is 445. The van der Waals surface area contributed by atoms with Crippen LogP contribution in [0, 0.1) is 6.92 Å². The van der Waals surface area contributed by atoms with Crippen molar-refractivity contribution in [2.75, 3.05) is 5.73 Å². The number of hydrogen-bond acceptors (Lipinski definition) is 4. The van der Waals surface area contributed by atoms with Gasteiger partial charge in [-0.3, -0.25) is 5.10 Å². The summed E-state index contributed by atoms with van der Waals surface area (Å²) in [6, 6.07) is 7.65. The molecule has 5 N–H and O–H groups in total. The first kappa shape index (κ1) is 9.67. The van der Waals surface area contributed by atoms with Crippen LogP contribution in [0.5, 0.6) is 0 Å². The summed E-state index contributed by atoms with van der Waals surface area (Å²) in [4.78, 5) is 4.00. The molecule has 1 aromatic heterocycles. The van der Waals surface area contributed by atoms with Gasteiger partial charge in [0.1, 0.15) is 5.82 Å². The predicted octanol–water partition coefficient (Wildman–Crippen LogP) is 0.743. The number of nitrogens with one attached hydrogen (secondary N) is 1. The molecule has 5 nitrogen and oxygen atoms in total. The van der Waals surface area contributed by atoms with Crippen LogP contribution in [0.1, 0.15) is 23.0 Å². The van der Waals surface area contributed by atoms with Crippen molar-refractivity contribution in [1.82, 2.24) is 15.2 Å². The van der Waals surface area contributed by atoms with E-state index in [1.54, 1.807) is 0 Å². The topological polar surface area (TPSA) is 93.6 Å². The van der Waals surface area contributed by atoms with E-state index in [1.165, 1.54) is 5.56 Å². The summed E-state index contributed by atoms with van der Waals surface area (Å²) >= 11 is 0. The van der Waals surface area contributed by atoms with Gasteiger partial charge in [-0.15, -0.1) is 5.10 Å². The van der Waals surface area contributed by atoms with E-state index in [9.17, 15) is 0 Å². The van der Waals surface area contributed by atoms with Gasteiger partial charge >= 0.3 is 0 Å². The maximum Gasteiger partial charge on any atom is 0.239 e. The quantitative estimate of drug-likeness (QED) is 0.671. The molecule has 0 bridgehead atoms. The summed E-state index contributed by atoms with van der Waals surface area (Å²) in [5.74, 6) is 0.795. The molecule has 1 heterocycles. The second-order valence-electron chi connectivity index (χ2n) is 3.47. The lowest BCUT2D eigenvalue weighted by molar-refractivity contribution is 0.787. The normalized spacial score (nSPS) is 12.7. The molecule has 0 unspecified atom stereocenters. The molecule has 0 fully saturated rings. The summed E-state index contributed by atoms with van der Waals surface area (Å²) in [5.41, 5.74) is 13.6. The summed E-state index contributed by atoms with van der Waals surface area (Å²) in [6.07, 6.45) is 0. The van der Waals surface area contributed by atoms with Crippen molar-refractivity contribution in [1.29, 1.82) is 0 Å². The fourth-order valence-electron chi connectivity index (χ4n) is 1.36. The third-order valence-electron chi connectivity index (χ3n) is 2.25. The summed E-state index contributed by atoms with van der Waals surface area (Å²) in [7, 11) is 0. The molecule has 0 aliphatic carbocycles. The summed E-state index contributed by atoms with van der Waals surface area (Å²) in [6.45, 7) is 2.03. The van der Waals surface area contributed by atoms with Crippen molar-refractivity contribution in [3.63, 3.8) is 0 Å². The monoisotopic (exact) mass is 203 g/mol. The van der Waals surface area contributed by atoms with Gasteiger partial charge in [0, 0.05) is 0 Å². The minimum atomic E-state index is -0.310. The highest BCUT2D eigenvalue weighted by atomic mass is 15.3. The molecule has 0 amide bonds. The van der Waals surface area contributed by atoms with Gasteiger partial charge in [-0.05, 0) is 12.5 Å². The number of anilines is 1. The SMILES string of the molecule is Cc1ccc([C@@H](N)c2nc(N)n[nH]2)cc1. The number of aryl methyl sites for hydroxylation is 1. The Balaban J connectivity index is 2.28. The number of nitrogens with two attached hydrogens (primary N) is 2. The van der Waals surface area contributed by atoms with Crippen molar-refractivity contribution >= 4 is 5.95 Å². The minimum absolute atomic E-state index is 0.215. The molecule has 0 radical (unpaired) electrons. The van der Waals surface area contributed by atoms with Crippen LogP contribution in [0.3, 0.4) is 0 Å². The Kier molecular flexibility index (Phi) is 2.39. The predicted molar refractivity (Wildman–Crippen MR) is 58.0 cm³/mol. The number of nitrogen functional groups attached to an aromatic ring is 1. The molecule has 0 aliphatic rings. The lowest BCUT2D eigenvalue weighted by atomic mass is 10.1. The van der Waals surface area contributed by atoms with Crippen molar-refractivity contribution in [2.24, 2.45) is 5.73 Å². The number of rotatable bonds is 2. The van der Waals surface area contributed by atoms with Crippen LogP contribution in [0.4, 0.5) is 5.95 Å². The lowest BCUT2D eigenvalue weighted by Gasteiger charge is -2.08. The molecular formula is C10H13N5. The van der Waals surface area contributed by atoms with Crippen molar-refractivity contribution < 1.29 is 0 Å². The Hall–Kier alpha value is -1.88. The highest BCUT2D eigenvalue weighted by Crippen LogP contribution is 2.16. The van der Waals surface area contributed by atoms with Crippen LogP contribution in [-0.2, 0) is 0 Å². The smallest absolute Gasteiger partial charge is 0.239 e. The van der Waals surface area contributed by atoms with Crippen LogP contribution >= 0.6 is 0 Å². The average Bonchev–Trinajstić information content (AvgIpc) is 2.65. The number of benzene rings is 1. The van der Waals surface area contributed by atoms with E-state index in [0.717, 1.165) is 5.56 Å². The average molecular weight is 203 g/mol. The van der Waals surface area contributed by atoms with Gasteiger partial charge in [0.2, 0.25) is 5.95 Å². The van der Waals surface area contributed by atoms with Gasteiger partial charge in [0.25, 0.3) is 0 Å². The molecule has 0 saturated carbocycles. The Morgan fingerprint density at radius 2 is 1.93 bits per heavy atom. The van der Waals surface area contributed by atoms with Crippen LogP contribution in [0.2, 0.25) is 0 Å². The van der Waals surface area contributed by atoms with Crippen molar-refractivity contribution in [3.8, 4) is 0 Å². The van der Waals surface area contributed by atoms with Gasteiger partial charge < -0.3 is 11.5 Å². The Morgan fingerprint density at radius 3 is 2.47 bits per heavy atom. The van der Waals surface area contributed by atoms with Crippen LogP contribution in [0.15, 0.2) is 24.3 Å². The fraction of sp³-hybridized carbons (Fsp3) is 0.200. The molecule has 1 atom stereocenters. The Labute approximate surface area is 87.5 Å². The second-order valence-corrected chi connectivity index (χ2v) is 3.47. The van der Waals surface area contributed by atoms with Gasteiger partial charge in [-0.1, -0.05) is 29.8 Å². The van der Waals surface area contributed by atoms with E-state index >= 15 is 0 Å². The van der Waals surface area contributed by atoms with Crippen LogP contribution < -0.4 is 11.5 Å². The van der Waals surface area contributed by atoms with Crippen molar-refractivity contribution in [2.45, 2.75) is 13.0 Å². The largest absolute Gasteiger partial charge is 0.367 e. The molecule has 1 aromatic carbocycles. The highest BCUT2D eigenvalue weighted by Gasteiger charge is 2.12. The third-order valence-corrected chi connectivity index (χ3v) is 2.25. The summed E-state index contributed by atoms with van der Waals surface area (Å²) in [5, 5.41) is 6.45. The first-order valence-electron chi connectivity index (χ1n) is 4.67. The van der Waals surface area contributed by atoms with Gasteiger partial charge in [-0.2, -0.15) is 4.98 Å². The summed E-state index contributed by atoms with van der Waals surface area (Å²) < 4.78 is 0. The molecule has 0 saturated heterocycles. The number of hydrogen-bond donors (Lipinski definition) is 3. The first-order chi connectivity index (χ1) is 7.16. The number of H-pyrrole nitrogens is 1. The molecular weight excluding hydrogens is 190 g/mol. The Morgan fingerprint density at radius 1 is 1.27 bits per heavy atom. The number of aromatic amines is 1. The molecule has 15 heavy (non-hydrogen) atoms. The molecule has 0 spiro atoms. The molecule has 0 aliphatic heterocycles. The van der Waals surface area contributed by atoms with E-state index in [2.05, 4.69) is 15.2 Å². The van der Waals surface area contributed by atoms with E-state index in [0.29, 0.717) is 5.82 Å². The van der Waals surface area contributed by atoms with Gasteiger partial charge in [-0.25, -0.2) is 0 Å². The maximum absolute atomic E-state index is 5.99. The van der Waals surface area contributed by atoms with Gasteiger partial charge in [0.05, 0.1) is 6.04 Å². The van der Waals surface area contributed by atoms with Gasteiger partial charge in [0.15, 0.2) is 0 Å². The van der Waals surface area contributed by atoms with Crippen molar-refractivity contribution in [3.05, 3.63) is 41.2 Å². The number of nitrogens with zero attached hydrogens (tertiary/aromatic N) is 2. The number of aromatic nitrogens is 3. The van der Waals surface area contributed by atoms with E-state index < -0.39 is 0 Å².